The van der Waals surface area contributed by atoms with Crippen LogP contribution in [-0.4, -0.2) is 35.2 Å². The van der Waals surface area contributed by atoms with Gasteiger partial charge in [0.15, 0.2) is 5.82 Å². The van der Waals surface area contributed by atoms with Crippen LogP contribution in [0.4, 0.5) is 0 Å². The van der Waals surface area contributed by atoms with Crippen LogP contribution in [0.5, 0.6) is 5.75 Å². The highest BCUT2D eigenvalue weighted by atomic mass is 32.1. The van der Waals surface area contributed by atoms with Crippen molar-refractivity contribution in [2.45, 2.75) is 6.92 Å². The fourth-order valence-electron chi connectivity index (χ4n) is 2.34. The van der Waals surface area contributed by atoms with Crippen LogP contribution < -0.4 is 9.54 Å². The van der Waals surface area contributed by atoms with E-state index in [1.165, 1.54) is 11.5 Å². The van der Waals surface area contributed by atoms with Gasteiger partial charge in [-0.05, 0) is 54.9 Å². The Labute approximate surface area is 155 Å². The first-order chi connectivity index (χ1) is 12.7. The van der Waals surface area contributed by atoms with Crippen LogP contribution in [0.2, 0.25) is 0 Å². The summed E-state index contributed by atoms with van der Waals surface area (Å²) in [5.74, 6) is 1.17. The molecular weight excluding hydrogens is 350 g/mol. The van der Waals surface area contributed by atoms with Crippen molar-refractivity contribution in [1.29, 1.82) is 0 Å². The quantitative estimate of drug-likeness (QED) is 0.627. The third-order valence-electron chi connectivity index (χ3n) is 3.55. The fraction of sp³-hybridized carbons (Fsp3) is 0.211. The van der Waals surface area contributed by atoms with Crippen molar-refractivity contribution in [3.63, 3.8) is 0 Å². The maximum Gasteiger partial charge on any atom is 0.327 e. The highest BCUT2D eigenvalue weighted by molar-refractivity contribution is 7.04. The van der Waals surface area contributed by atoms with Gasteiger partial charge in [-0.2, -0.15) is 4.98 Å². The minimum absolute atomic E-state index is 0.0435. The van der Waals surface area contributed by atoms with Crippen molar-refractivity contribution in [3.8, 4) is 22.8 Å². The lowest BCUT2D eigenvalue weighted by Gasteiger charge is -2.06. The molecule has 2 aromatic carbocycles. The molecule has 0 N–H and O–H groups in total. The average molecular weight is 369 g/mol. The van der Waals surface area contributed by atoms with Crippen LogP contribution >= 0.6 is 11.5 Å². The van der Waals surface area contributed by atoms with Crippen LogP contribution in [0.3, 0.4) is 0 Å². The molecule has 0 saturated heterocycles. The normalized spacial score (nSPS) is 11.4. The second-order valence-corrected chi connectivity index (χ2v) is 6.20. The third kappa shape index (κ3) is 4.18. The lowest BCUT2D eigenvalue weighted by molar-refractivity contribution is -0.141. The van der Waals surface area contributed by atoms with Gasteiger partial charge in [-0.1, -0.05) is 18.2 Å². The third-order valence-corrected chi connectivity index (χ3v) is 4.50. The van der Waals surface area contributed by atoms with E-state index in [-0.39, 0.29) is 12.5 Å². The molecular formula is C19H19N3O3S. The van der Waals surface area contributed by atoms with E-state index in [0.29, 0.717) is 11.4 Å². The van der Waals surface area contributed by atoms with E-state index in [0.717, 1.165) is 22.8 Å². The molecule has 0 saturated carbocycles. The highest BCUT2D eigenvalue weighted by Gasteiger charge is 2.11. The second kappa shape index (κ2) is 8.44. The first-order valence-corrected chi connectivity index (χ1v) is 8.95. The number of nitrogens with zero attached hydrogens (tertiary/aromatic N) is 3. The predicted molar refractivity (Wildman–Crippen MR) is 100 cm³/mol. The molecule has 1 aromatic heterocycles. The molecule has 0 amide bonds. The summed E-state index contributed by atoms with van der Waals surface area (Å²) in [5.41, 5.74) is 1.91. The lowest BCUT2D eigenvalue weighted by Crippen LogP contribution is -2.11. The molecule has 3 rings (SSSR count). The molecule has 6 nitrogen and oxygen atoms in total. The van der Waals surface area contributed by atoms with E-state index in [9.17, 15) is 4.79 Å². The Morgan fingerprint density at radius 1 is 1.15 bits per heavy atom. The Bertz CT molecular complexity index is 931. The van der Waals surface area contributed by atoms with Crippen molar-refractivity contribution in [2.24, 2.45) is 4.99 Å². The molecule has 0 bridgehead atoms. The number of esters is 1. The van der Waals surface area contributed by atoms with E-state index in [1.807, 2.05) is 58.6 Å². The minimum Gasteiger partial charge on any atom is -0.497 e. The van der Waals surface area contributed by atoms with Crippen LogP contribution in [0.15, 0.2) is 59.6 Å². The van der Waals surface area contributed by atoms with Gasteiger partial charge in [0, 0.05) is 5.56 Å². The van der Waals surface area contributed by atoms with Gasteiger partial charge < -0.3 is 9.47 Å². The largest absolute Gasteiger partial charge is 0.497 e. The number of hydrogen-bond donors (Lipinski definition) is 0. The Kier molecular flexibility index (Phi) is 5.80. The zero-order valence-electron chi connectivity index (χ0n) is 14.6. The van der Waals surface area contributed by atoms with Crippen molar-refractivity contribution in [2.75, 3.05) is 20.3 Å². The maximum absolute atomic E-state index is 11.6. The predicted octanol–water partition coefficient (Wildman–Crippen LogP) is 3.07. The maximum atomic E-state index is 11.6. The topological polar surface area (TPSA) is 65.7 Å². The van der Waals surface area contributed by atoms with Crippen molar-refractivity contribution < 1.29 is 14.3 Å². The molecule has 0 aliphatic heterocycles. The first kappa shape index (κ1) is 17.9. The summed E-state index contributed by atoms with van der Waals surface area (Å²) in [7, 11) is 1.63. The van der Waals surface area contributed by atoms with E-state index in [1.54, 1.807) is 14.0 Å². The number of hydrogen-bond acceptors (Lipinski definition) is 6. The molecule has 0 spiro atoms. The first-order valence-electron chi connectivity index (χ1n) is 8.17. The number of carbonyl (C=O) groups excluding carboxylic acids is 1. The summed E-state index contributed by atoms with van der Waals surface area (Å²) in [4.78, 5) is 21.0. The number of aromatic nitrogens is 2. The highest BCUT2D eigenvalue weighted by Crippen LogP contribution is 2.24. The number of methoxy groups -OCH3 is 1. The molecule has 0 unspecified atom stereocenters. The second-order valence-electron chi connectivity index (χ2n) is 5.29. The van der Waals surface area contributed by atoms with Gasteiger partial charge in [0.25, 0.3) is 0 Å². The SMILES string of the molecule is CCOC(=O)CN=c1nc(-c2ccc(OC)cc2)n(-c2ccccc2)s1. The van der Waals surface area contributed by atoms with Gasteiger partial charge in [0.05, 0.1) is 19.4 Å². The Morgan fingerprint density at radius 3 is 2.54 bits per heavy atom. The Morgan fingerprint density at radius 2 is 1.88 bits per heavy atom. The van der Waals surface area contributed by atoms with Gasteiger partial charge in [0.1, 0.15) is 12.3 Å². The van der Waals surface area contributed by atoms with E-state index in [4.69, 9.17) is 9.47 Å². The van der Waals surface area contributed by atoms with Gasteiger partial charge in [0.2, 0.25) is 4.80 Å². The molecule has 3 aromatic rings. The van der Waals surface area contributed by atoms with Gasteiger partial charge in [-0.25, -0.2) is 8.95 Å². The molecule has 0 fully saturated rings. The molecule has 134 valence electrons. The van der Waals surface area contributed by atoms with Gasteiger partial charge >= 0.3 is 5.97 Å². The number of ether oxygens (including phenoxy) is 2. The van der Waals surface area contributed by atoms with Crippen molar-refractivity contribution in [3.05, 3.63) is 59.4 Å². The van der Waals surface area contributed by atoms with E-state index in [2.05, 4.69) is 9.98 Å². The number of benzene rings is 2. The summed E-state index contributed by atoms with van der Waals surface area (Å²) in [6.07, 6.45) is 0. The molecule has 1 heterocycles. The monoisotopic (exact) mass is 369 g/mol. The zero-order valence-corrected chi connectivity index (χ0v) is 15.4. The minimum atomic E-state index is -0.361. The molecule has 26 heavy (non-hydrogen) atoms. The van der Waals surface area contributed by atoms with Crippen molar-refractivity contribution in [1.82, 2.24) is 8.94 Å². The Balaban J connectivity index is 2.03. The molecule has 7 heteroatoms. The summed E-state index contributed by atoms with van der Waals surface area (Å²) < 4.78 is 12.1. The van der Waals surface area contributed by atoms with Gasteiger partial charge in [-0.3, -0.25) is 4.79 Å². The fourth-order valence-corrected chi connectivity index (χ4v) is 3.22. The van der Waals surface area contributed by atoms with Crippen LogP contribution in [0, 0.1) is 0 Å². The molecule has 0 radical (unpaired) electrons. The summed E-state index contributed by atoms with van der Waals surface area (Å²) in [5, 5.41) is 0. The smallest absolute Gasteiger partial charge is 0.327 e. The number of carbonyl (C=O) groups is 1. The summed E-state index contributed by atoms with van der Waals surface area (Å²) in [6, 6.07) is 17.6. The molecule has 0 atom stereocenters. The van der Waals surface area contributed by atoms with E-state index >= 15 is 0 Å². The Hall–Kier alpha value is -2.93. The van der Waals surface area contributed by atoms with Crippen molar-refractivity contribution >= 4 is 17.5 Å². The zero-order chi connectivity index (χ0) is 18.4. The van der Waals surface area contributed by atoms with E-state index < -0.39 is 0 Å². The standard InChI is InChI=1S/C19H19N3O3S/c1-3-25-17(23)13-20-19-21-18(14-9-11-16(24-2)12-10-14)22(26-19)15-7-5-4-6-8-15/h4-12H,3,13H2,1-2H3. The summed E-state index contributed by atoms with van der Waals surface area (Å²) in [6.45, 7) is 2.07. The number of para-hydroxylation sites is 1. The van der Waals surface area contributed by atoms with Crippen LogP contribution in [0.25, 0.3) is 17.1 Å². The molecule has 0 aliphatic rings. The number of rotatable bonds is 6. The van der Waals surface area contributed by atoms with Crippen LogP contribution in [-0.2, 0) is 9.53 Å². The molecule has 0 aliphatic carbocycles. The average Bonchev–Trinajstić information content (AvgIpc) is 3.12. The lowest BCUT2D eigenvalue weighted by atomic mass is 10.2. The van der Waals surface area contributed by atoms with Gasteiger partial charge in [-0.15, -0.1) is 0 Å². The summed E-state index contributed by atoms with van der Waals surface area (Å²) >= 11 is 1.38. The van der Waals surface area contributed by atoms with Crippen LogP contribution in [0.1, 0.15) is 6.92 Å².